The van der Waals surface area contributed by atoms with Crippen molar-refractivity contribution >= 4 is 22.4 Å². The third-order valence-electron chi connectivity index (χ3n) is 4.13. The van der Waals surface area contributed by atoms with Gasteiger partial charge in [0.25, 0.3) is 0 Å². The summed E-state index contributed by atoms with van der Waals surface area (Å²) in [5.74, 6) is -0.881. The van der Waals surface area contributed by atoms with Crippen molar-refractivity contribution in [3.63, 3.8) is 0 Å². The van der Waals surface area contributed by atoms with Crippen LogP contribution in [0, 0.1) is 0 Å². The van der Waals surface area contributed by atoms with Crippen molar-refractivity contribution in [3.8, 4) is 0 Å². The number of aromatic nitrogens is 1. The Morgan fingerprint density at radius 2 is 1.95 bits per heavy atom. The van der Waals surface area contributed by atoms with Crippen LogP contribution < -0.4 is 4.90 Å². The highest BCUT2D eigenvalue weighted by molar-refractivity contribution is 7.17. The summed E-state index contributed by atoms with van der Waals surface area (Å²) in [5.41, 5.74) is 0. The molecule has 0 radical (unpaired) electrons. The first-order valence-electron chi connectivity index (χ1n) is 6.92. The minimum absolute atomic E-state index is 0.327. The minimum atomic E-state index is -0.881. The number of carboxylic acid groups (broad SMARTS) is 1. The average molecular weight is 281 g/mol. The van der Waals surface area contributed by atoms with Crippen LogP contribution in [0.1, 0.15) is 35.4 Å². The molecule has 19 heavy (non-hydrogen) atoms. The Kier molecular flexibility index (Phi) is 3.70. The summed E-state index contributed by atoms with van der Waals surface area (Å²) in [6.45, 7) is 4.07. The molecule has 2 fully saturated rings. The Labute approximate surface area is 116 Å². The molecule has 3 rings (SSSR count). The van der Waals surface area contributed by atoms with E-state index in [1.807, 2.05) is 0 Å². The van der Waals surface area contributed by atoms with Gasteiger partial charge in [0, 0.05) is 32.2 Å². The summed E-state index contributed by atoms with van der Waals surface area (Å²) in [6.07, 6.45) is 6.91. The molecule has 2 aliphatic rings. The van der Waals surface area contributed by atoms with Crippen LogP contribution in [0.4, 0.5) is 5.13 Å². The highest BCUT2D eigenvalue weighted by Gasteiger charge is 2.27. The standard InChI is InChI=1S/C13H19N3O2S/c17-12(18)11-9-14-13(19-11)16-7-5-15(6-8-16)10-3-1-2-4-10/h9-10H,1-8H2,(H,17,18). The molecule has 1 aliphatic carbocycles. The predicted molar refractivity (Wildman–Crippen MR) is 75.1 cm³/mol. The van der Waals surface area contributed by atoms with E-state index in [2.05, 4.69) is 14.8 Å². The van der Waals surface area contributed by atoms with Crippen LogP contribution in [0.5, 0.6) is 0 Å². The quantitative estimate of drug-likeness (QED) is 0.917. The highest BCUT2D eigenvalue weighted by atomic mass is 32.1. The number of piperazine rings is 1. The van der Waals surface area contributed by atoms with Crippen LogP contribution in [0.2, 0.25) is 0 Å². The van der Waals surface area contributed by atoms with Crippen LogP contribution in [0.25, 0.3) is 0 Å². The summed E-state index contributed by atoms with van der Waals surface area (Å²) in [6, 6.07) is 0.785. The zero-order valence-electron chi connectivity index (χ0n) is 10.9. The number of aromatic carboxylic acids is 1. The van der Waals surface area contributed by atoms with E-state index in [9.17, 15) is 4.79 Å². The van der Waals surface area contributed by atoms with Gasteiger partial charge in [-0.3, -0.25) is 4.90 Å². The molecule has 0 unspecified atom stereocenters. The van der Waals surface area contributed by atoms with Crippen molar-refractivity contribution in [2.75, 3.05) is 31.1 Å². The number of anilines is 1. The van der Waals surface area contributed by atoms with Crippen molar-refractivity contribution in [2.24, 2.45) is 0 Å². The maximum absolute atomic E-state index is 10.9. The van der Waals surface area contributed by atoms with Crippen LogP contribution >= 0.6 is 11.3 Å². The molecule has 5 nitrogen and oxygen atoms in total. The van der Waals surface area contributed by atoms with Gasteiger partial charge >= 0.3 is 5.97 Å². The molecule has 1 saturated carbocycles. The van der Waals surface area contributed by atoms with Gasteiger partial charge in [0.15, 0.2) is 5.13 Å². The minimum Gasteiger partial charge on any atom is -0.477 e. The molecule has 0 aromatic carbocycles. The molecule has 0 spiro atoms. The van der Waals surface area contributed by atoms with E-state index in [-0.39, 0.29) is 0 Å². The summed E-state index contributed by atoms with van der Waals surface area (Å²) in [5, 5.41) is 9.78. The van der Waals surface area contributed by atoms with Gasteiger partial charge in [-0.1, -0.05) is 24.2 Å². The van der Waals surface area contributed by atoms with Gasteiger partial charge < -0.3 is 10.0 Å². The van der Waals surface area contributed by atoms with Gasteiger partial charge in [-0.05, 0) is 12.8 Å². The fourth-order valence-corrected chi connectivity index (χ4v) is 3.86. The van der Waals surface area contributed by atoms with Gasteiger partial charge in [-0.15, -0.1) is 0 Å². The Bertz CT molecular complexity index is 448. The van der Waals surface area contributed by atoms with Gasteiger partial charge in [-0.2, -0.15) is 0 Å². The lowest BCUT2D eigenvalue weighted by molar-refractivity contribution is 0.0702. The molecular weight excluding hydrogens is 262 g/mol. The molecule has 1 aromatic rings. The van der Waals surface area contributed by atoms with Crippen LogP contribution in [-0.4, -0.2) is 53.2 Å². The fraction of sp³-hybridized carbons (Fsp3) is 0.692. The second kappa shape index (κ2) is 5.46. The van der Waals surface area contributed by atoms with E-state index >= 15 is 0 Å². The summed E-state index contributed by atoms with van der Waals surface area (Å²) in [7, 11) is 0. The first-order chi connectivity index (χ1) is 9.24. The van der Waals surface area contributed by atoms with Gasteiger partial charge in [0.1, 0.15) is 4.88 Å². The van der Waals surface area contributed by atoms with Gasteiger partial charge in [0.05, 0.1) is 6.20 Å². The van der Waals surface area contributed by atoms with Crippen molar-refractivity contribution in [1.82, 2.24) is 9.88 Å². The topological polar surface area (TPSA) is 56.7 Å². The number of carbonyl (C=O) groups is 1. The monoisotopic (exact) mass is 281 g/mol. The lowest BCUT2D eigenvalue weighted by atomic mass is 10.2. The first-order valence-corrected chi connectivity index (χ1v) is 7.74. The Morgan fingerprint density at radius 1 is 1.26 bits per heavy atom. The molecule has 0 atom stereocenters. The maximum Gasteiger partial charge on any atom is 0.347 e. The van der Waals surface area contributed by atoms with E-state index in [4.69, 9.17) is 5.11 Å². The number of carboxylic acids is 1. The summed E-state index contributed by atoms with van der Waals surface area (Å²) in [4.78, 5) is 20.2. The molecule has 1 aromatic heterocycles. The van der Waals surface area contributed by atoms with E-state index in [1.165, 1.54) is 43.2 Å². The smallest absolute Gasteiger partial charge is 0.347 e. The third-order valence-corrected chi connectivity index (χ3v) is 5.18. The van der Waals surface area contributed by atoms with E-state index < -0.39 is 5.97 Å². The Balaban J connectivity index is 1.58. The normalized spacial score (nSPS) is 22.0. The van der Waals surface area contributed by atoms with Gasteiger partial charge in [-0.25, -0.2) is 9.78 Å². The molecule has 0 bridgehead atoms. The lowest BCUT2D eigenvalue weighted by Gasteiger charge is -2.37. The molecule has 6 heteroatoms. The van der Waals surface area contributed by atoms with Crippen LogP contribution in [0.3, 0.4) is 0 Å². The van der Waals surface area contributed by atoms with Crippen molar-refractivity contribution in [3.05, 3.63) is 11.1 Å². The van der Waals surface area contributed by atoms with E-state index in [0.717, 1.165) is 37.4 Å². The largest absolute Gasteiger partial charge is 0.477 e. The second-order valence-electron chi connectivity index (χ2n) is 5.27. The molecule has 1 aliphatic heterocycles. The molecule has 1 saturated heterocycles. The fourth-order valence-electron chi connectivity index (χ4n) is 3.06. The van der Waals surface area contributed by atoms with Crippen LogP contribution in [-0.2, 0) is 0 Å². The molecule has 104 valence electrons. The number of hydrogen-bond donors (Lipinski definition) is 1. The van der Waals surface area contributed by atoms with Crippen molar-refractivity contribution < 1.29 is 9.90 Å². The Morgan fingerprint density at radius 3 is 2.53 bits per heavy atom. The zero-order valence-corrected chi connectivity index (χ0v) is 11.7. The number of thiazole rings is 1. The first kappa shape index (κ1) is 12.9. The molecule has 1 N–H and O–H groups in total. The number of hydrogen-bond acceptors (Lipinski definition) is 5. The van der Waals surface area contributed by atoms with Crippen LogP contribution in [0.15, 0.2) is 6.20 Å². The lowest BCUT2D eigenvalue weighted by Crippen LogP contribution is -2.49. The zero-order chi connectivity index (χ0) is 13.2. The van der Waals surface area contributed by atoms with Crippen molar-refractivity contribution in [1.29, 1.82) is 0 Å². The SMILES string of the molecule is O=C(O)c1cnc(N2CCN(C3CCCC3)CC2)s1. The average Bonchev–Trinajstić information content (AvgIpc) is 3.11. The van der Waals surface area contributed by atoms with E-state index in [0.29, 0.717) is 4.88 Å². The maximum atomic E-state index is 10.9. The van der Waals surface area contributed by atoms with E-state index in [1.54, 1.807) is 0 Å². The number of nitrogens with zero attached hydrogens (tertiary/aromatic N) is 3. The van der Waals surface area contributed by atoms with Crippen molar-refractivity contribution in [2.45, 2.75) is 31.7 Å². The second-order valence-corrected chi connectivity index (χ2v) is 6.28. The Hall–Kier alpha value is -1.14. The number of rotatable bonds is 3. The van der Waals surface area contributed by atoms with Gasteiger partial charge in [0.2, 0.25) is 0 Å². The molecular formula is C13H19N3O2S. The molecule has 2 heterocycles. The highest BCUT2D eigenvalue weighted by Crippen LogP contribution is 2.27. The third kappa shape index (κ3) is 2.74. The molecule has 0 amide bonds. The summed E-state index contributed by atoms with van der Waals surface area (Å²) < 4.78 is 0. The summed E-state index contributed by atoms with van der Waals surface area (Å²) >= 11 is 1.28. The predicted octanol–water partition coefficient (Wildman–Crippen LogP) is 1.91.